The highest BCUT2D eigenvalue weighted by atomic mass is 16.1. The molecule has 2 rings (SSSR count). The maximum absolute atomic E-state index is 12.9. The topological polar surface area (TPSA) is 115 Å². The van der Waals surface area contributed by atoms with E-state index in [-0.39, 0.29) is 28.4 Å². The van der Waals surface area contributed by atoms with Crippen molar-refractivity contribution in [3.8, 4) is 6.07 Å². The number of rotatable bonds is 3. The molecule has 0 aliphatic rings. The van der Waals surface area contributed by atoms with Crippen LogP contribution in [0.1, 0.15) is 78.3 Å². The minimum atomic E-state index is -0.417. The maximum Gasteiger partial charge on any atom is 0.295 e. The summed E-state index contributed by atoms with van der Waals surface area (Å²) in [5.74, 6) is 0.301. The van der Waals surface area contributed by atoms with Gasteiger partial charge in [0, 0.05) is 5.41 Å². The zero-order valence-corrected chi connectivity index (χ0v) is 16.7. The Bertz CT molecular complexity index is 921. The third-order valence-corrected chi connectivity index (χ3v) is 4.00. The molecular weight excluding hydrogens is 330 g/mol. The number of nitrogens with zero attached hydrogens (tertiary/aromatic N) is 5. The molecule has 0 aromatic carbocycles. The van der Waals surface area contributed by atoms with Crippen LogP contribution in [0.5, 0.6) is 0 Å². The van der Waals surface area contributed by atoms with Crippen LogP contribution in [-0.2, 0) is 11.0 Å². The van der Waals surface area contributed by atoms with Gasteiger partial charge < -0.3 is 0 Å². The highest BCUT2D eigenvalue weighted by Gasteiger charge is 2.28. The predicted molar refractivity (Wildman–Crippen MR) is 100 cm³/mol. The summed E-state index contributed by atoms with van der Waals surface area (Å²) < 4.78 is 1.55. The molecule has 2 aromatic heterocycles. The standard InChI is InChI=1S/C18H27N7O/c1-10(2)12-11(9-19)15(22-20-12)23-21-13-14(17(3,4)5)24-25(16(13)26)18(6,7)8/h10,24H,1-8H3,(H,20,22). The van der Waals surface area contributed by atoms with E-state index in [0.717, 1.165) is 0 Å². The smallest absolute Gasteiger partial charge is 0.295 e. The van der Waals surface area contributed by atoms with Crippen molar-refractivity contribution < 1.29 is 0 Å². The molecule has 0 aliphatic carbocycles. The molecule has 0 amide bonds. The Kier molecular flexibility index (Phi) is 4.95. The van der Waals surface area contributed by atoms with Gasteiger partial charge in [0.05, 0.1) is 16.9 Å². The van der Waals surface area contributed by atoms with E-state index in [1.807, 2.05) is 55.4 Å². The summed E-state index contributed by atoms with van der Waals surface area (Å²) >= 11 is 0. The normalized spacial score (nSPS) is 12.9. The zero-order chi connectivity index (χ0) is 19.9. The molecular formula is C18H27N7O. The van der Waals surface area contributed by atoms with Crippen LogP contribution in [0.15, 0.2) is 15.0 Å². The van der Waals surface area contributed by atoms with Crippen LogP contribution < -0.4 is 5.56 Å². The predicted octanol–water partition coefficient (Wildman–Crippen LogP) is 4.36. The molecule has 2 aromatic rings. The van der Waals surface area contributed by atoms with Crippen LogP contribution in [0.25, 0.3) is 0 Å². The van der Waals surface area contributed by atoms with Gasteiger partial charge in [-0.15, -0.1) is 10.2 Å². The Morgan fingerprint density at radius 3 is 2.23 bits per heavy atom. The van der Waals surface area contributed by atoms with Crippen LogP contribution in [0.3, 0.4) is 0 Å². The number of hydrogen-bond donors (Lipinski definition) is 2. The second-order valence-corrected chi connectivity index (χ2v) is 8.70. The van der Waals surface area contributed by atoms with Crippen molar-refractivity contribution >= 4 is 11.5 Å². The summed E-state index contributed by atoms with van der Waals surface area (Å²) in [5, 5.41) is 27.8. The highest BCUT2D eigenvalue weighted by Crippen LogP contribution is 2.31. The summed E-state index contributed by atoms with van der Waals surface area (Å²) in [5.41, 5.74) is 1.01. The van der Waals surface area contributed by atoms with E-state index in [0.29, 0.717) is 17.0 Å². The maximum atomic E-state index is 12.9. The number of hydrogen-bond acceptors (Lipinski definition) is 5. The first kappa shape index (κ1) is 19.6. The van der Waals surface area contributed by atoms with Crippen molar-refractivity contribution in [2.75, 3.05) is 0 Å². The van der Waals surface area contributed by atoms with Crippen molar-refractivity contribution in [3.05, 3.63) is 27.3 Å². The second-order valence-electron chi connectivity index (χ2n) is 8.70. The van der Waals surface area contributed by atoms with Gasteiger partial charge >= 0.3 is 0 Å². The first-order valence-electron chi connectivity index (χ1n) is 8.64. The first-order valence-corrected chi connectivity index (χ1v) is 8.64. The van der Waals surface area contributed by atoms with E-state index >= 15 is 0 Å². The van der Waals surface area contributed by atoms with E-state index in [4.69, 9.17) is 0 Å². The van der Waals surface area contributed by atoms with E-state index in [1.165, 1.54) is 0 Å². The summed E-state index contributed by atoms with van der Waals surface area (Å²) in [7, 11) is 0. The fourth-order valence-corrected chi connectivity index (χ4v) is 2.56. The molecule has 0 radical (unpaired) electrons. The third-order valence-electron chi connectivity index (χ3n) is 4.00. The minimum absolute atomic E-state index is 0.108. The Balaban J connectivity index is 2.60. The molecule has 0 spiro atoms. The molecule has 0 fully saturated rings. The second kappa shape index (κ2) is 6.56. The number of nitriles is 1. The molecule has 8 nitrogen and oxygen atoms in total. The lowest BCUT2D eigenvalue weighted by atomic mass is 9.91. The van der Waals surface area contributed by atoms with Crippen LogP contribution >= 0.6 is 0 Å². The van der Waals surface area contributed by atoms with Crippen molar-refractivity contribution in [2.24, 2.45) is 10.2 Å². The van der Waals surface area contributed by atoms with E-state index in [9.17, 15) is 10.1 Å². The molecule has 0 saturated carbocycles. The molecule has 0 saturated heterocycles. The molecule has 26 heavy (non-hydrogen) atoms. The van der Waals surface area contributed by atoms with Crippen molar-refractivity contribution in [3.63, 3.8) is 0 Å². The van der Waals surface area contributed by atoms with Gasteiger partial charge in [-0.05, 0) is 26.7 Å². The van der Waals surface area contributed by atoms with Crippen LogP contribution in [0.4, 0.5) is 11.5 Å². The van der Waals surface area contributed by atoms with E-state index in [2.05, 4.69) is 31.6 Å². The van der Waals surface area contributed by atoms with E-state index < -0.39 is 5.54 Å². The molecule has 0 aliphatic heterocycles. The lowest BCUT2D eigenvalue weighted by Crippen LogP contribution is -2.32. The molecule has 2 N–H and O–H groups in total. The van der Waals surface area contributed by atoms with Gasteiger partial charge in [-0.25, -0.2) is 4.68 Å². The SMILES string of the molecule is CC(C)c1[nH]nc(N=Nc2c(C(C)(C)C)[nH]n(C(C)(C)C)c2=O)c1C#N. The number of azo groups is 1. The molecule has 0 atom stereocenters. The zero-order valence-electron chi connectivity index (χ0n) is 16.7. The third kappa shape index (κ3) is 3.62. The molecule has 140 valence electrons. The Morgan fingerprint density at radius 2 is 1.77 bits per heavy atom. The van der Waals surface area contributed by atoms with Gasteiger partial charge in [0.2, 0.25) is 5.82 Å². The lowest BCUT2D eigenvalue weighted by Gasteiger charge is -2.21. The average molecular weight is 357 g/mol. The largest absolute Gasteiger partial charge is 0.296 e. The minimum Gasteiger partial charge on any atom is -0.296 e. The summed E-state index contributed by atoms with van der Waals surface area (Å²) in [6.07, 6.45) is 0. The number of H-pyrrole nitrogens is 2. The first-order chi connectivity index (χ1) is 11.9. The molecule has 8 heteroatoms. The molecule has 0 bridgehead atoms. The number of nitrogens with one attached hydrogen (secondary N) is 2. The lowest BCUT2D eigenvalue weighted by molar-refractivity contribution is 0.339. The van der Waals surface area contributed by atoms with Gasteiger partial charge in [-0.1, -0.05) is 34.6 Å². The average Bonchev–Trinajstić information content (AvgIpc) is 3.04. The van der Waals surface area contributed by atoms with Crippen molar-refractivity contribution in [2.45, 2.75) is 72.3 Å². The fourth-order valence-electron chi connectivity index (χ4n) is 2.56. The van der Waals surface area contributed by atoms with Gasteiger partial charge in [0.15, 0.2) is 5.69 Å². The summed E-state index contributed by atoms with van der Waals surface area (Å²) in [4.78, 5) is 12.9. The fraction of sp³-hybridized carbons (Fsp3) is 0.611. The van der Waals surface area contributed by atoms with Crippen molar-refractivity contribution in [1.82, 2.24) is 20.0 Å². The molecule has 2 heterocycles. The van der Waals surface area contributed by atoms with E-state index in [1.54, 1.807) is 4.68 Å². The van der Waals surface area contributed by atoms with Gasteiger partial charge in [0.25, 0.3) is 5.56 Å². The quantitative estimate of drug-likeness (QED) is 0.795. The Labute approximate surface area is 153 Å². The summed E-state index contributed by atoms with van der Waals surface area (Å²) in [6.45, 7) is 15.7. The molecule has 0 unspecified atom stereocenters. The monoisotopic (exact) mass is 357 g/mol. The highest BCUT2D eigenvalue weighted by molar-refractivity contribution is 5.52. The number of aromatic nitrogens is 4. The Morgan fingerprint density at radius 1 is 1.15 bits per heavy atom. The van der Waals surface area contributed by atoms with Crippen molar-refractivity contribution in [1.29, 1.82) is 5.26 Å². The van der Waals surface area contributed by atoms with Crippen LogP contribution in [0, 0.1) is 11.3 Å². The Hall–Kier alpha value is -2.69. The van der Waals surface area contributed by atoms with Crippen LogP contribution in [0.2, 0.25) is 0 Å². The van der Waals surface area contributed by atoms with Gasteiger partial charge in [-0.2, -0.15) is 10.4 Å². The van der Waals surface area contributed by atoms with Crippen LogP contribution in [-0.4, -0.2) is 20.0 Å². The van der Waals surface area contributed by atoms with Gasteiger partial charge in [0.1, 0.15) is 11.6 Å². The van der Waals surface area contributed by atoms with Gasteiger partial charge in [-0.3, -0.25) is 15.0 Å². The summed E-state index contributed by atoms with van der Waals surface area (Å²) in [6, 6.07) is 2.11. The number of aromatic amines is 2.